The molecule has 1 aliphatic carbocycles. The molecule has 1 saturated carbocycles. The summed E-state index contributed by atoms with van der Waals surface area (Å²) in [6.45, 7) is 0. The van der Waals surface area contributed by atoms with Crippen LogP contribution in [0.1, 0.15) is 29.8 Å². The van der Waals surface area contributed by atoms with E-state index in [4.69, 9.17) is 0 Å². The molecule has 0 spiro atoms. The van der Waals surface area contributed by atoms with Gasteiger partial charge in [-0.2, -0.15) is 0 Å². The van der Waals surface area contributed by atoms with Crippen LogP contribution in [0.15, 0.2) is 16.9 Å². The van der Waals surface area contributed by atoms with E-state index in [9.17, 15) is 4.79 Å². The molecule has 1 fully saturated rings. The average Bonchev–Trinajstić information content (AvgIpc) is 2.63. The van der Waals surface area contributed by atoms with Crippen molar-refractivity contribution in [3.05, 3.63) is 18.0 Å². The van der Waals surface area contributed by atoms with Crippen LogP contribution in [-0.4, -0.2) is 21.9 Å². The van der Waals surface area contributed by atoms with Crippen LogP contribution in [0.3, 0.4) is 0 Å². The minimum absolute atomic E-state index is 0.0595. The minimum atomic E-state index is -0.155. The third-order valence-electron chi connectivity index (χ3n) is 2.62. The van der Waals surface area contributed by atoms with E-state index in [0.29, 0.717) is 5.69 Å². The zero-order valence-corrected chi connectivity index (χ0v) is 9.21. The topological polar surface area (TPSA) is 55.1 Å². The van der Waals surface area contributed by atoms with Crippen LogP contribution in [0.2, 0.25) is 0 Å². The van der Waals surface area contributed by atoms with Gasteiger partial charge in [0.25, 0.3) is 5.91 Å². The minimum Gasteiger partial charge on any atom is -0.364 e. The predicted molar refractivity (Wildman–Crippen MR) is 54.3 cm³/mol. The van der Waals surface area contributed by atoms with Crippen molar-refractivity contribution in [3.8, 4) is 0 Å². The Morgan fingerprint density at radius 2 is 2.50 bits per heavy atom. The zero-order chi connectivity index (χ0) is 10.0. The van der Waals surface area contributed by atoms with Gasteiger partial charge in [0.2, 0.25) is 0 Å². The first-order valence-corrected chi connectivity index (χ1v) is 5.67. The first-order chi connectivity index (χ1) is 6.76. The van der Waals surface area contributed by atoms with Crippen LogP contribution < -0.4 is 5.32 Å². The first kappa shape index (κ1) is 9.71. The maximum atomic E-state index is 11.6. The van der Waals surface area contributed by atoms with Gasteiger partial charge in [0.05, 0.1) is 5.54 Å². The largest absolute Gasteiger partial charge is 0.364 e. The summed E-state index contributed by atoms with van der Waals surface area (Å²) in [4.78, 5) is 11.6. The normalized spacial score (nSPS) is 18.6. The lowest BCUT2D eigenvalue weighted by atomic mass is 9.78. The summed E-state index contributed by atoms with van der Waals surface area (Å²) >= 11 is 3.42. The van der Waals surface area contributed by atoms with E-state index in [1.807, 2.05) is 0 Å². The van der Waals surface area contributed by atoms with Gasteiger partial charge in [-0.25, -0.2) is 0 Å². The number of nitrogens with one attached hydrogen (secondary N) is 1. The number of hydrogen-bond donors (Lipinski definition) is 1. The molecule has 4 nitrogen and oxygen atoms in total. The molecule has 2 rings (SSSR count). The van der Waals surface area contributed by atoms with Gasteiger partial charge in [0, 0.05) is 11.4 Å². The van der Waals surface area contributed by atoms with Crippen LogP contribution in [0, 0.1) is 0 Å². The molecule has 0 aliphatic heterocycles. The molecule has 5 heteroatoms. The van der Waals surface area contributed by atoms with E-state index < -0.39 is 0 Å². The molecule has 0 saturated heterocycles. The molecule has 1 aliphatic rings. The molecule has 0 unspecified atom stereocenters. The van der Waals surface area contributed by atoms with E-state index in [1.165, 1.54) is 12.7 Å². The second-order valence-corrected chi connectivity index (χ2v) is 4.17. The number of amides is 1. The molecular weight excluding hydrogens is 248 g/mol. The molecule has 0 aromatic carbocycles. The fourth-order valence-corrected chi connectivity index (χ4v) is 2.23. The monoisotopic (exact) mass is 258 g/mol. The highest BCUT2D eigenvalue weighted by atomic mass is 79.9. The number of aromatic nitrogens is 1. The van der Waals surface area contributed by atoms with Gasteiger partial charge < -0.3 is 9.84 Å². The summed E-state index contributed by atoms with van der Waals surface area (Å²) in [6, 6.07) is 1.57. The Balaban J connectivity index is 2.01. The van der Waals surface area contributed by atoms with Gasteiger partial charge in [0.1, 0.15) is 6.26 Å². The summed E-state index contributed by atoms with van der Waals surface area (Å²) < 4.78 is 4.61. The van der Waals surface area contributed by atoms with Crippen molar-refractivity contribution >= 4 is 21.8 Å². The number of rotatable bonds is 3. The number of nitrogens with zero attached hydrogens (tertiary/aromatic N) is 1. The maximum Gasteiger partial charge on any atom is 0.273 e. The van der Waals surface area contributed by atoms with Crippen molar-refractivity contribution < 1.29 is 9.32 Å². The second kappa shape index (κ2) is 3.73. The summed E-state index contributed by atoms with van der Waals surface area (Å²) in [5, 5.41) is 7.36. The second-order valence-electron chi connectivity index (χ2n) is 3.61. The molecule has 1 aromatic heterocycles. The summed E-state index contributed by atoms with van der Waals surface area (Å²) in [7, 11) is 0. The Morgan fingerprint density at radius 3 is 2.93 bits per heavy atom. The van der Waals surface area contributed by atoms with E-state index in [-0.39, 0.29) is 11.4 Å². The van der Waals surface area contributed by atoms with Gasteiger partial charge in [-0.05, 0) is 19.3 Å². The van der Waals surface area contributed by atoms with Crippen LogP contribution in [-0.2, 0) is 0 Å². The quantitative estimate of drug-likeness (QED) is 0.841. The highest BCUT2D eigenvalue weighted by Gasteiger charge is 2.37. The summed E-state index contributed by atoms with van der Waals surface area (Å²) in [5.41, 5.74) is 0.285. The van der Waals surface area contributed by atoms with Crippen LogP contribution in [0.4, 0.5) is 0 Å². The lowest BCUT2D eigenvalue weighted by Crippen LogP contribution is -2.54. The molecule has 1 aromatic rings. The third-order valence-corrected chi connectivity index (χ3v) is 3.69. The highest BCUT2D eigenvalue weighted by molar-refractivity contribution is 9.09. The number of halogens is 1. The fraction of sp³-hybridized carbons (Fsp3) is 0.556. The van der Waals surface area contributed by atoms with Crippen molar-refractivity contribution in [3.63, 3.8) is 0 Å². The Morgan fingerprint density at radius 1 is 1.71 bits per heavy atom. The molecule has 1 heterocycles. The predicted octanol–water partition coefficient (Wildman–Crippen LogP) is 1.72. The van der Waals surface area contributed by atoms with Crippen molar-refractivity contribution in [1.82, 2.24) is 10.5 Å². The van der Waals surface area contributed by atoms with Gasteiger partial charge in [-0.3, -0.25) is 4.79 Å². The molecule has 14 heavy (non-hydrogen) atoms. The number of alkyl halides is 1. The number of carbonyl (C=O) groups is 1. The van der Waals surface area contributed by atoms with E-state index >= 15 is 0 Å². The van der Waals surface area contributed by atoms with Crippen LogP contribution in [0.5, 0.6) is 0 Å². The van der Waals surface area contributed by atoms with Gasteiger partial charge in [-0.1, -0.05) is 21.1 Å². The smallest absolute Gasteiger partial charge is 0.273 e. The molecule has 1 amide bonds. The molecule has 0 atom stereocenters. The van der Waals surface area contributed by atoms with Crippen molar-refractivity contribution in [2.45, 2.75) is 24.8 Å². The van der Waals surface area contributed by atoms with Crippen molar-refractivity contribution in [1.29, 1.82) is 0 Å². The van der Waals surface area contributed by atoms with Gasteiger partial charge in [-0.15, -0.1) is 0 Å². The standard InChI is InChI=1S/C9H11BrN2O2/c10-6-9(3-1-4-9)11-8(13)7-2-5-14-12-7/h2,5H,1,3-4,6H2,(H,11,13). The lowest BCUT2D eigenvalue weighted by molar-refractivity contribution is 0.0847. The van der Waals surface area contributed by atoms with Gasteiger partial charge >= 0.3 is 0 Å². The summed E-state index contributed by atoms with van der Waals surface area (Å²) in [6.07, 6.45) is 4.63. The maximum absolute atomic E-state index is 11.6. The van der Waals surface area contributed by atoms with Crippen LogP contribution in [0.25, 0.3) is 0 Å². The number of hydrogen-bond acceptors (Lipinski definition) is 3. The summed E-state index contributed by atoms with van der Waals surface area (Å²) in [5.74, 6) is -0.155. The first-order valence-electron chi connectivity index (χ1n) is 4.55. The van der Waals surface area contributed by atoms with Crippen LogP contribution >= 0.6 is 15.9 Å². The third kappa shape index (κ3) is 1.68. The Bertz CT molecular complexity index is 314. The Kier molecular flexibility index (Phi) is 2.58. The SMILES string of the molecule is O=C(NC1(CBr)CCC1)c1ccon1. The van der Waals surface area contributed by atoms with E-state index in [1.54, 1.807) is 6.07 Å². The van der Waals surface area contributed by atoms with E-state index in [0.717, 1.165) is 18.2 Å². The Labute approximate surface area is 90.2 Å². The van der Waals surface area contributed by atoms with Gasteiger partial charge in [0.15, 0.2) is 5.69 Å². The molecule has 76 valence electrons. The van der Waals surface area contributed by atoms with Crippen molar-refractivity contribution in [2.75, 3.05) is 5.33 Å². The number of carbonyl (C=O) groups excluding carboxylic acids is 1. The fourth-order valence-electron chi connectivity index (χ4n) is 1.53. The van der Waals surface area contributed by atoms with Crippen molar-refractivity contribution in [2.24, 2.45) is 0 Å². The lowest BCUT2D eigenvalue weighted by Gasteiger charge is -2.40. The van der Waals surface area contributed by atoms with E-state index in [2.05, 4.69) is 30.9 Å². The average molecular weight is 259 g/mol. The highest BCUT2D eigenvalue weighted by Crippen LogP contribution is 2.33. The molecule has 0 radical (unpaired) electrons. The molecule has 0 bridgehead atoms. The molecule has 1 N–H and O–H groups in total. The Hall–Kier alpha value is -0.840. The molecular formula is C9H11BrN2O2. The zero-order valence-electron chi connectivity index (χ0n) is 7.62.